The van der Waals surface area contributed by atoms with Crippen LogP contribution in [0, 0.1) is 17.7 Å². The van der Waals surface area contributed by atoms with Crippen LogP contribution in [-0.4, -0.2) is 59.9 Å². The molecule has 6 rings (SSSR count). The van der Waals surface area contributed by atoms with Crippen molar-refractivity contribution in [2.24, 2.45) is 17.0 Å². The highest BCUT2D eigenvalue weighted by Crippen LogP contribution is 2.46. The summed E-state index contributed by atoms with van der Waals surface area (Å²) in [7, 11) is 0. The lowest BCUT2D eigenvalue weighted by molar-refractivity contribution is -0.126. The van der Waals surface area contributed by atoms with E-state index in [4.69, 9.17) is 9.57 Å². The highest BCUT2D eigenvalue weighted by molar-refractivity contribution is 6.39. The molecule has 3 N–H and O–H groups in total. The summed E-state index contributed by atoms with van der Waals surface area (Å²) in [4.78, 5) is 44.8. The van der Waals surface area contributed by atoms with E-state index in [2.05, 4.69) is 21.1 Å². The molecule has 2 aromatic carbocycles. The first kappa shape index (κ1) is 24.9. The number of para-hydroxylation sites is 1. The molecule has 2 aromatic rings. The zero-order valence-electron chi connectivity index (χ0n) is 21.7. The largest absolute Gasteiger partial charge is 0.444 e. The minimum atomic E-state index is -0.553. The minimum absolute atomic E-state index is 0.0208. The van der Waals surface area contributed by atoms with Gasteiger partial charge < -0.3 is 30.4 Å². The average Bonchev–Trinajstić information content (AvgIpc) is 3.22. The number of ether oxygens (including phenoxy) is 1. The number of hydrogen-bond acceptors (Lipinski definition) is 7. The summed E-state index contributed by atoms with van der Waals surface area (Å²) >= 11 is 0. The van der Waals surface area contributed by atoms with Gasteiger partial charge in [0.15, 0.2) is 6.61 Å². The topological polar surface area (TPSA) is 121 Å². The van der Waals surface area contributed by atoms with Crippen LogP contribution >= 0.6 is 0 Å². The number of carbonyl (C=O) groups is 3. The van der Waals surface area contributed by atoms with Gasteiger partial charge in [0.1, 0.15) is 17.1 Å². The number of oxime groups is 1. The summed E-state index contributed by atoms with van der Waals surface area (Å²) in [6.45, 7) is 6.24. The van der Waals surface area contributed by atoms with Crippen molar-refractivity contribution in [3.63, 3.8) is 0 Å². The number of anilines is 2. The smallest absolute Gasteiger partial charge is 0.410 e. The maximum absolute atomic E-state index is 14.0. The summed E-state index contributed by atoms with van der Waals surface area (Å²) in [5.41, 5.74) is 2.73. The molecule has 1 aliphatic carbocycles. The summed E-state index contributed by atoms with van der Waals surface area (Å²) in [6, 6.07) is 11.4. The highest BCUT2D eigenvalue weighted by atomic mass is 19.1. The molecule has 0 aromatic heterocycles. The number of benzene rings is 2. The summed E-state index contributed by atoms with van der Waals surface area (Å²) < 4.78 is 19.4. The number of nitrogens with one attached hydrogen (secondary N) is 3. The monoisotopic (exact) mass is 533 g/mol. The molecule has 3 amide bonds. The Morgan fingerprint density at radius 2 is 1.79 bits per heavy atom. The van der Waals surface area contributed by atoms with Gasteiger partial charge in [-0.25, -0.2) is 9.18 Å². The Labute approximate surface area is 224 Å². The molecule has 1 saturated heterocycles. The van der Waals surface area contributed by atoms with Crippen molar-refractivity contribution < 1.29 is 28.3 Å². The fourth-order valence-electron chi connectivity index (χ4n) is 5.39. The fraction of sp³-hybridized carbons (Fsp3) is 0.357. The maximum atomic E-state index is 14.0. The molecular weight excluding hydrogens is 505 g/mol. The van der Waals surface area contributed by atoms with Crippen molar-refractivity contribution in [2.75, 3.05) is 30.3 Å². The molecule has 2 atom stereocenters. The van der Waals surface area contributed by atoms with Crippen molar-refractivity contribution in [3.05, 3.63) is 65.1 Å². The van der Waals surface area contributed by atoms with Crippen LogP contribution in [0.25, 0.3) is 5.57 Å². The molecule has 0 radical (unpaired) electrons. The Morgan fingerprint density at radius 1 is 1.08 bits per heavy atom. The second-order valence-electron chi connectivity index (χ2n) is 11.1. The minimum Gasteiger partial charge on any atom is -0.444 e. The van der Waals surface area contributed by atoms with Crippen LogP contribution in [0.2, 0.25) is 0 Å². The van der Waals surface area contributed by atoms with Crippen LogP contribution in [0.15, 0.2) is 53.3 Å². The normalized spacial score (nSPS) is 25.4. The lowest BCUT2D eigenvalue weighted by atomic mass is 10.0. The van der Waals surface area contributed by atoms with Crippen LogP contribution in [-0.2, 0) is 19.2 Å². The number of rotatable bonds is 4. The zero-order valence-corrected chi connectivity index (χ0v) is 21.7. The standard InChI is InChI=1S/C28H28FN5O5/c1-28(2,3)39-27(37)34-11-17-18(12-34)23(17)32-21(35)13-38-33-24-15-6-4-5-7-19(15)30-25(24)22-16-10-14(29)8-9-20(16)31-26(22)36/h4-10,17-18,23,30H,11-13H2,1-3H3,(H,31,36)(H,32,35)/b25-22-,33-24+. The van der Waals surface area contributed by atoms with Gasteiger partial charge >= 0.3 is 6.09 Å². The second kappa shape index (κ2) is 9.11. The van der Waals surface area contributed by atoms with Crippen LogP contribution in [0.5, 0.6) is 0 Å². The van der Waals surface area contributed by atoms with Gasteiger partial charge in [0.2, 0.25) is 0 Å². The Hall–Kier alpha value is -4.41. The van der Waals surface area contributed by atoms with E-state index in [1.165, 1.54) is 18.2 Å². The lowest BCUT2D eigenvalue weighted by Crippen LogP contribution is -2.40. The van der Waals surface area contributed by atoms with Gasteiger partial charge in [-0.05, 0) is 45.0 Å². The first-order valence-corrected chi connectivity index (χ1v) is 12.8. The Morgan fingerprint density at radius 3 is 2.54 bits per heavy atom. The summed E-state index contributed by atoms with van der Waals surface area (Å²) in [6.07, 6.45) is -0.337. The van der Waals surface area contributed by atoms with Crippen molar-refractivity contribution >= 4 is 40.6 Å². The number of likely N-dealkylation sites (tertiary alicyclic amines) is 1. The maximum Gasteiger partial charge on any atom is 0.410 e. The van der Waals surface area contributed by atoms with Crippen molar-refractivity contribution in [1.29, 1.82) is 0 Å². The Kier molecular flexibility index (Phi) is 5.81. The molecule has 39 heavy (non-hydrogen) atoms. The molecule has 202 valence electrons. The predicted octanol–water partition coefficient (Wildman–Crippen LogP) is 3.32. The van der Waals surface area contributed by atoms with Crippen LogP contribution in [0.3, 0.4) is 0 Å². The Balaban J connectivity index is 1.12. The first-order valence-electron chi connectivity index (χ1n) is 12.8. The molecule has 10 nitrogen and oxygen atoms in total. The van der Waals surface area contributed by atoms with Gasteiger partial charge in [-0.2, -0.15) is 0 Å². The van der Waals surface area contributed by atoms with Gasteiger partial charge in [-0.3, -0.25) is 9.59 Å². The molecule has 11 heteroatoms. The van der Waals surface area contributed by atoms with Gasteiger partial charge in [0.05, 0.1) is 11.3 Å². The SMILES string of the molecule is CC(C)(C)OC(=O)N1CC2C(C1)C2NC(=O)CO/N=C1/C(=C2/C(=O)Nc3ccc(F)cc32)Nc2ccccc21. The number of allylic oxidation sites excluding steroid dienone is 1. The van der Waals surface area contributed by atoms with E-state index in [0.29, 0.717) is 47.0 Å². The summed E-state index contributed by atoms with van der Waals surface area (Å²) in [5, 5.41) is 13.1. The molecule has 3 aliphatic heterocycles. The van der Waals surface area contributed by atoms with E-state index in [1.807, 2.05) is 45.0 Å². The number of fused-ring (bicyclic) bond motifs is 3. The lowest BCUT2D eigenvalue weighted by Gasteiger charge is -2.26. The molecule has 4 aliphatic rings. The number of amides is 3. The quantitative estimate of drug-likeness (QED) is 0.410. The van der Waals surface area contributed by atoms with Crippen LogP contribution in [0.4, 0.5) is 20.6 Å². The van der Waals surface area contributed by atoms with E-state index in [-0.39, 0.29) is 42.1 Å². The van der Waals surface area contributed by atoms with E-state index >= 15 is 0 Å². The van der Waals surface area contributed by atoms with Crippen LogP contribution in [0.1, 0.15) is 31.9 Å². The average molecular weight is 534 g/mol. The van der Waals surface area contributed by atoms with Crippen molar-refractivity contribution in [1.82, 2.24) is 10.2 Å². The van der Waals surface area contributed by atoms with E-state index in [1.54, 1.807) is 4.90 Å². The molecule has 3 heterocycles. The molecule has 0 spiro atoms. The molecule has 1 saturated carbocycles. The van der Waals surface area contributed by atoms with Crippen molar-refractivity contribution in [3.8, 4) is 0 Å². The molecule has 0 bridgehead atoms. The highest BCUT2D eigenvalue weighted by Gasteiger charge is 2.58. The Bertz CT molecular complexity index is 1450. The third-order valence-corrected chi connectivity index (χ3v) is 7.18. The van der Waals surface area contributed by atoms with Gasteiger partial charge in [-0.15, -0.1) is 0 Å². The number of halogens is 1. The molecular formula is C28H28FN5O5. The fourth-order valence-corrected chi connectivity index (χ4v) is 5.39. The van der Waals surface area contributed by atoms with E-state index in [9.17, 15) is 18.8 Å². The molecule has 2 fully saturated rings. The third-order valence-electron chi connectivity index (χ3n) is 7.18. The van der Waals surface area contributed by atoms with E-state index in [0.717, 1.165) is 0 Å². The number of hydrogen-bond donors (Lipinski definition) is 3. The molecule has 2 unspecified atom stereocenters. The number of carbonyl (C=O) groups excluding carboxylic acids is 3. The third kappa shape index (κ3) is 4.68. The summed E-state index contributed by atoms with van der Waals surface area (Å²) in [5.74, 6) is -0.809. The number of piperidine rings is 1. The van der Waals surface area contributed by atoms with Gasteiger partial charge in [-0.1, -0.05) is 23.4 Å². The van der Waals surface area contributed by atoms with Gasteiger partial charge in [0.25, 0.3) is 11.8 Å². The second-order valence-corrected chi connectivity index (χ2v) is 11.1. The van der Waals surface area contributed by atoms with Gasteiger partial charge in [0, 0.05) is 53.5 Å². The number of nitrogens with zero attached hydrogens (tertiary/aromatic N) is 2. The first-order chi connectivity index (χ1) is 18.6. The zero-order chi connectivity index (χ0) is 27.5. The predicted molar refractivity (Wildman–Crippen MR) is 141 cm³/mol. The van der Waals surface area contributed by atoms with Crippen molar-refractivity contribution in [2.45, 2.75) is 32.4 Å². The van der Waals surface area contributed by atoms with E-state index < -0.39 is 17.3 Å². The van der Waals surface area contributed by atoms with Crippen LogP contribution < -0.4 is 16.0 Å².